The average molecular weight is 444 g/mol. The Hall–Kier alpha value is -2.75. The number of ether oxygens (including phenoxy) is 1. The van der Waals surface area contributed by atoms with Gasteiger partial charge in [0.05, 0.1) is 24.1 Å². The van der Waals surface area contributed by atoms with Gasteiger partial charge in [-0.3, -0.25) is 9.10 Å². The summed E-state index contributed by atoms with van der Waals surface area (Å²) in [7, 11) is -4.04. The van der Waals surface area contributed by atoms with Gasteiger partial charge in [0.1, 0.15) is 11.8 Å². The third-order valence-corrected chi connectivity index (χ3v) is 5.48. The molecule has 0 aliphatic rings. The Morgan fingerprint density at radius 2 is 1.83 bits per heavy atom. The maximum Gasteiger partial charge on any atom is 0.416 e. The van der Waals surface area contributed by atoms with Gasteiger partial charge in [0.15, 0.2) is 0 Å². The highest BCUT2D eigenvalue weighted by Crippen LogP contribution is 2.32. The van der Waals surface area contributed by atoms with Gasteiger partial charge in [-0.15, -0.1) is 0 Å². The minimum absolute atomic E-state index is 0.0690. The molecule has 0 bridgehead atoms. The van der Waals surface area contributed by atoms with Gasteiger partial charge in [-0.25, -0.2) is 8.42 Å². The molecule has 0 radical (unpaired) electrons. The summed E-state index contributed by atoms with van der Waals surface area (Å²) < 4.78 is 69.9. The van der Waals surface area contributed by atoms with E-state index in [1.807, 2.05) is 6.92 Å². The van der Waals surface area contributed by atoms with Crippen molar-refractivity contribution in [2.75, 3.05) is 17.2 Å². The number of hydrogen-bond donors (Lipinski definition) is 1. The lowest BCUT2D eigenvalue weighted by atomic mass is 10.1. The minimum Gasteiger partial charge on any atom is -0.494 e. The van der Waals surface area contributed by atoms with Crippen molar-refractivity contribution in [1.82, 2.24) is 5.32 Å². The summed E-state index contributed by atoms with van der Waals surface area (Å²) >= 11 is 0. The molecular formula is C20H23F3N2O4S. The van der Waals surface area contributed by atoms with E-state index < -0.39 is 33.7 Å². The maximum atomic E-state index is 13.0. The molecule has 0 saturated heterocycles. The maximum absolute atomic E-state index is 13.0. The largest absolute Gasteiger partial charge is 0.494 e. The SMILES string of the molecule is CCOc1ccccc1CNC(=O)[C@@H](C)N(c1cccc(C(F)(F)F)c1)S(C)(=O)=O. The van der Waals surface area contributed by atoms with Gasteiger partial charge in [-0.2, -0.15) is 13.2 Å². The lowest BCUT2D eigenvalue weighted by Gasteiger charge is -2.28. The van der Waals surface area contributed by atoms with Crippen LogP contribution >= 0.6 is 0 Å². The predicted molar refractivity (Wildman–Crippen MR) is 108 cm³/mol. The number of sulfonamides is 1. The van der Waals surface area contributed by atoms with Gasteiger partial charge in [0.25, 0.3) is 0 Å². The summed E-state index contributed by atoms with van der Waals surface area (Å²) in [6, 6.07) is 9.59. The fourth-order valence-corrected chi connectivity index (χ4v) is 4.07. The molecule has 1 amide bonds. The van der Waals surface area contributed by atoms with Crippen LogP contribution < -0.4 is 14.4 Å². The average Bonchev–Trinajstić information content (AvgIpc) is 2.66. The van der Waals surface area contributed by atoms with Crippen molar-refractivity contribution in [1.29, 1.82) is 0 Å². The highest BCUT2D eigenvalue weighted by Gasteiger charge is 2.34. The molecular weight excluding hydrogens is 421 g/mol. The molecule has 1 atom stereocenters. The van der Waals surface area contributed by atoms with Gasteiger partial charge < -0.3 is 10.1 Å². The second kappa shape index (κ2) is 9.38. The Morgan fingerprint density at radius 1 is 1.17 bits per heavy atom. The van der Waals surface area contributed by atoms with Crippen LogP contribution in [0.2, 0.25) is 0 Å². The normalized spacial score (nSPS) is 12.9. The molecule has 30 heavy (non-hydrogen) atoms. The first-order valence-corrected chi connectivity index (χ1v) is 10.9. The lowest BCUT2D eigenvalue weighted by molar-refractivity contribution is -0.137. The molecule has 0 unspecified atom stereocenters. The Morgan fingerprint density at radius 3 is 2.43 bits per heavy atom. The third kappa shape index (κ3) is 5.88. The van der Waals surface area contributed by atoms with Gasteiger partial charge >= 0.3 is 6.18 Å². The number of carbonyl (C=O) groups excluding carboxylic acids is 1. The number of anilines is 1. The highest BCUT2D eigenvalue weighted by atomic mass is 32.2. The van der Waals surface area contributed by atoms with Crippen molar-refractivity contribution in [3.63, 3.8) is 0 Å². The number of carbonyl (C=O) groups is 1. The van der Waals surface area contributed by atoms with Crippen LogP contribution in [0, 0.1) is 0 Å². The molecule has 0 aliphatic heterocycles. The Balaban J connectivity index is 2.26. The monoisotopic (exact) mass is 444 g/mol. The summed E-state index contributed by atoms with van der Waals surface area (Å²) in [6.45, 7) is 3.62. The fourth-order valence-electron chi connectivity index (χ4n) is 2.90. The number of halogens is 3. The van der Waals surface area contributed by atoms with E-state index in [1.165, 1.54) is 13.0 Å². The van der Waals surface area contributed by atoms with Crippen LogP contribution in [0.3, 0.4) is 0 Å². The van der Waals surface area contributed by atoms with Crippen molar-refractivity contribution in [2.45, 2.75) is 32.6 Å². The molecule has 10 heteroatoms. The van der Waals surface area contributed by atoms with Crippen LogP contribution in [0.4, 0.5) is 18.9 Å². The number of amides is 1. The zero-order valence-corrected chi connectivity index (χ0v) is 17.5. The zero-order chi connectivity index (χ0) is 22.5. The first-order valence-electron chi connectivity index (χ1n) is 9.10. The number of nitrogens with zero attached hydrogens (tertiary/aromatic N) is 1. The summed E-state index contributed by atoms with van der Waals surface area (Å²) in [5, 5.41) is 2.62. The Kier molecular flexibility index (Phi) is 7.35. The topological polar surface area (TPSA) is 75.7 Å². The van der Waals surface area contributed by atoms with Gasteiger partial charge in [-0.1, -0.05) is 24.3 Å². The molecule has 6 nitrogen and oxygen atoms in total. The van der Waals surface area contributed by atoms with E-state index in [1.54, 1.807) is 24.3 Å². The second-order valence-corrected chi connectivity index (χ2v) is 8.40. The standard InChI is InChI=1S/C20H23F3N2O4S/c1-4-29-18-11-6-5-8-15(18)13-24-19(26)14(2)25(30(3,27)28)17-10-7-9-16(12-17)20(21,22)23/h5-12,14H,4,13H2,1-3H3,(H,24,26)/t14-/m1/s1. The Labute approximate surface area is 173 Å². The molecule has 2 aromatic rings. The minimum atomic E-state index is -4.65. The molecule has 1 N–H and O–H groups in total. The van der Waals surface area contributed by atoms with Gasteiger partial charge in [0.2, 0.25) is 15.9 Å². The Bertz CT molecular complexity index is 994. The number of nitrogens with one attached hydrogen (secondary N) is 1. The molecule has 0 fully saturated rings. The molecule has 0 aliphatic carbocycles. The molecule has 0 aromatic heterocycles. The summed E-state index contributed by atoms with van der Waals surface area (Å²) in [4.78, 5) is 12.6. The van der Waals surface area contributed by atoms with Crippen LogP contribution in [-0.2, 0) is 27.5 Å². The van der Waals surface area contributed by atoms with E-state index in [0.717, 1.165) is 18.4 Å². The van der Waals surface area contributed by atoms with Crippen LogP contribution in [0.5, 0.6) is 5.75 Å². The van der Waals surface area contributed by atoms with Gasteiger partial charge in [0, 0.05) is 12.1 Å². The smallest absolute Gasteiger partial charge is 0.416 e. The predicted octanol–water partition coefficient (Wildman–Crippen LogP) is 3.58. The molecule has 0 spiro atoms. The number of alkyl halides is 3. The summed E-state index contributed by atoms with van der Waals surface area (Å²) in [5.41, 5.74) is -0.568. The molecule has 2 aromatic carbocycles. The number of benzene rings is 2. The van der Waals surface area contributed by atoms with Crippen molar-refractivity contribution in [3.8, 4) is 5.75 Å². The van der Waals surface area contributed by atoms with Crippen molar-refractivity contribution < 1.29 is 31.1 Å². The second-order valence-electron chi connectivity index (χ2n) is 6.54. The quantitative estimate of drug-likeness (QED) is 0.676. The fraction of sp³-hybridized carbons (Fsp3) is 0.350. The van der Waals surface area contributed by atoms with Crippen LogP contribution in [0.1, 0.15) is 25.0 Å². The first kappa shape index (κ1) is 23.5. The van der Waals surface area contributed by atoms with Crippen molar-refractivity contribution >= 4 is 21.6 Å². The molecule has 0 saturated carbocycles. The van der Waals surface area contributed by atoms with Crippen LogP contribution in [0.15, 0.2) is 48.5 Å². The highest BCUT2D eigenvalue weighted by molar-refractivity contribution is 7.92. The van der Waals surface area contributed by atoms with Crippen LogP contribution in [0.25, 0.3) is 0 Å². The third-order valence-electron chi connectivity index (χ3n) is 4.24. The number of para-hydroxylation sites is 1. The van der Waals surface area contributed by atoms with E-state index in [2.05, 4.69) is 5.32 Å². The van der Waals surface area contributed by atoms with Crippen LogP contribution in [-0.4, -0.2) is 33.2 Å². The van der Waals surface area contributed by atoms with Crippen molar-refractivity contribution in [2.24, 2.45) is 0 Å². The lowest BCUT2D eigenvalue weighted by Crippen LogP contribution is -2.47. The zero-order valence-electron chi connectivity index (χ0n) is 16.7. The molecule has 0 heterocycles. The van der Waals surface area contributed by atoms with Gasteiger partial charge in [-0.05, 0) is 38.1 Å². The number of hydrogen-bond acceptors (Lipinski definition) is 4. The molecule has 2 rings (SSSR count). The van der Waals surface area contributed by atoms with E-state index in [4.69, 9.17) is 4.74 Å². The van der Waals surface area contributed by atoms with E-state index in [0.29, 0.717) is 28.3 Å². The summed E-state index contributed by atoms with van der Waals surface area (Å²) in [5.74, 6) is -0.0880. The van der Waals surface area contributed by atoms with E-state index >= 15 is 0 Å². The molecule has 164 valence electrons. The number of rotatable bonds is 8. The summed E-state index contributed by atoms with van der Waals surface area (Å²) in [6.07, 6.45) is -3.81. The first-order chi connectivity index (χ1) is 13.9. The van der Waals surface area contributed by atoms with Crippen molar-refractivity contribution in [3.05, 3.63) is 59.7 Å². The van der Waals surface area contributed by atoms with E-state index in [9.17, 15) is 26.4 Å². The van der Waals surface area contributed by atoms with E-state index in [-0.39, 0.29) is 12.2 Å².